The fourth-order valence-electron chi connectivity index (χ4n) is 5.44. The molecule has 2 amide bonds. The van der Waals surface area contributed by atoms with E-state index in [2.05, 4.69) is 19.9 Å². The molecule has 19 heteroatoms. The molecule has 0 spiro atoms. The number of esters is 3. The van der Waals surface area contributed by atoms with Crippen LogP contribution in [0.1, 0.15) is 67.2 Å². The molecule has 0 heterocycles. The first-order chi connectivity index (χ1) is 27.6. The van der Waals surface area contributed by atoms with Crippen molar-refractivity contribution in [1.29, 1.82) is 0 Å². The van der Waals surface area contributed by atoms with Crippen LogP contribution in [0.4, 0.5) is 0 Å². The van der Waals surface area contributed by atoms with Crippen LogP contribution in [-0.4, -0.2) is 169 Å². The number of hydrogen-bond acceptors (Lipinski definition) is 13. The van der Waals surface area contributed by atoms with Crippen molar-refractivity contribution >= 4 is 84.5 Å². The molecule has 0 bridgehead atoms. The first-order valence-corrected chi connectivity index (χ1v) is 25.9. The summed E-state index contributed by atoms with van der Waals surface area (Å²) in [7, 11) is 7.48. The average Bonchev–Trinajstić information content (AvgIpc) is 3.16. The predicted octanol–water partition coefficient (Wildman–Crippen LogP) is 3.95. The highest BCUT2D eigenvalue weighted by Gasteiger charge is 2.41. The molecule has 0 aliphatic heterocycles. The Kier molecular flexibility index (Phi) is 30.3. The van der Waals surface area contributed by atoms with Gasteiger partial charge in [0.05, 0.1) is 58.6 Å². The molecule has 0 saturated carbocycles. The van der Waals surface area contributed by atoms with Crippen molar-refractivity contribution in [3.8, 4) is 0 Å². The van der Waals surface area contributed by atoms with Crippen LogP contribution in [0.15, 0.2) is 0 Å². The van der Waals surface area contributed by atoms with E-state index in [9.17, 15) is 28.8 Å². The van der Waals surface area contributed by atoms with Gasteiger partial charge in [-0.1, -0.05) is 22.6 Å². The van der Waals surface area contributed by atoms with Gasteiger partial charge >= 0.3 is 17.9 Å². The molecule has 0 radical (unpaired) electrons. The second-order valence-electron chi connectivity index (χ2n) is 17.0. The molecule has 0 aromatic rings. The van der Waals surface area contributed by atoms with E-state index in [1.54, 1.807) is 41.5 Å². The summed E-state index contributed by atoms with van der Waals surface area (Å²) in [6, 6.07) is -0.515. The minimum atomic E-state index is -1.30. The number of ether oxygens (including phenoxy) is 6. The van der Waals surface area contributed by atoms with E-state index >= 15 is 0 Å². The summed E-state index contributed by atoms with van der Waals surface area (Å²) >= 11 is 1.97. The van der Waals surface area contributed by atoms with Gasteiger partial charge in [0, 0.05) is 19.6 Å². The number of alkyl halides is 1. The number of nitrogens with zero attached hydrogens (tertiary/aromatic N) is 1. The van der Waals surface area contributed by atoms with E-state index in [1.807, 2.05) is 54.9 Å². The maximum atomic E-state index is 13.2. The molecule has 0 aliphatic rings. The minimum Gasteiger partial charge on any atom is -0.464 e. The molecule has 0 aliphatic carbocycles. The Bertz CT molecular complexity index is 1210. The molecule has 0 aromatic carbocycles. The van der Waals surface area contributed by atoms with Crippen molar-refractivity contribution in [3.05, 3.63) is 0 Å². The maximum absolute atomic E-state index is 13.2. The van der Waals surface area contributed by atoms with Crippen LogP contribution in [0.5, 0.6) is 0 Å². The number of ketones is 1. The van der Waals surface area contributed by atoms with Crippen molar-refractivity contribution in [2.24, 2.45) is 21.7 Å². The Balaban J connectivity index is 5.31. The molecule has 15 nitrogen and oxygen atoms in total. The molecule has 4 atom stereocenters. The van der Waals surface area contributed by atoms with Crippen LogP contribution < -0.4 is 10.6 Å². The monoisotopic (exact) mass is 1010 g/mol. The fraction of sp³-hybridized carbons (Fsp3) is 0.850. The molecule has 0 saturated heterocycles. The summed E-state index contributed by atoms with van der Waals surface area (Å²) in [5.41, 5.74) is -3.63. The van der Waals surface area contributed by atoms with Crippen LogP contribution >= 0.6 is 49.0 Å². The lowest BCUT2D eigenvalue weighted by atomic mass is 9.89. The summed E-state index contributed by atoms with van der Waals surface area (Å²) in [4.78, 5) is 79.0. The number of carbonyl (C=O) groups is 6. The lowest BCUT2D eigenvalue weighted by Crippen LogP contribution is -2.47. The Morgan fingerprint density at radius 3 is 1.69 bits per heavy atom. The zero-order valence-corrected chi connectivity index (χ0v) is 42.6. The molecule has 0 fully saturated rings. The highest BCUT2D eigenvalue weighted by molar-refractivity contribution is 14.1. The van der Waals surface area contributed by atoms with Crippen molar-refractivity contribution in [2.45, 2.75) is 73.3 Å². The van der Waals surface area contributed by atoms with E-state index in [1.165, 1.54) is 0 Å². The Morgan fingerprint density at radius 1 is 0.712 bits per heavy atom. The predicted molar refractivity (Wildman–Crippen MR) is 248 cm³/mol. The van der Waals surface area contributed by atoms with Gasteiger partial charge in [-0.05, 0) is 113 Å². The maximum Gasteiger partial charge on any atom is 0.311 e. The molecular formula is C40H75IN3O12P3. The SMILES string of the molecule is CPCC(C)(C)C(=O)OCC(COCC(=O)NCCOCCOCCCC(=O)C(CCN(C)C)NC(=O)CI)(COC(=O)C(C)(C)CCP)COC(=O)C(C)(C)CPC. The van der Waals surface area contributed by atoms with E-state index in [0.29, 0.717) is 85.5 Å². The summed E-state index contributed by atoms with van der Waals surface area (Å²) in [5, 5.41) is 5.54. The van der Waals surface area contributed by atoms with E-state index in [4.69, 9.17) is 28.4 Å². The second kappa shape index (κ2) is 30.8. The molecule has 0 rings (SSSR count). The van der Waals surface area contributed by atoms with E-state index < -0.39 is 51.5 Å². The zero-order chi connectivity index (χ0) is 45.1. The topological polar surface area (TPSA) is 185 Å². The number of hydrogen-bond donors (Lipinski definition) is 2. The van der Waals surface area contributed by atoms with E-state index in [0.717, 1.165) is 0 Å². The summed E-state index contributed by atoms with van der Waals surface area (Å²) in [5.74, 6) is -1.95. The molecule has 0 aromatic heterocycles. The summed E-state index contributed by atoms with van der Waals surface area (Å²) in [6.45, 7) is 15.5. The Labute approximate surface area is 373 Å². The first-order valence-electron chi connectivity index (χ1n) is 20.2. The Morgan fingerprint density at radius 2 is 1.22 bits per heavy atom. The van der Waals surface area contributed by atoms with Gasteiger partial charge in [0.2, 0.25) is 11.8 Å². The molecule has 4 unspecified atom stereocenters. The van der Waals surface area contributed by atoms with Gasteiger partial charge in [0.15, 0.2) is 5.78 Å². The number of carbonyl (C=O) groups excluding carboxylic acids is 6. The number of nitrogens with one attached hydrogen (secondary N) is 2. The van der Waals surface area contributed by atoms with Crippen LogP contribution in [0, 0.1) is 21.7 Å². The number of amides is 2. The molecule has 2 N–H and O–H groups in total. The molecule has 344 valence electrons. The van der Waals surface area contributed by atoms with Gasteiger partial charge in [-0.2, -0.15) is 0 Å². The van der Waals surface area contributed by atoms with Crippen LogP contribution in [0.2, 0.25) is 0 Å². The zero-order valence-electron chi connectivity index (χ0n) is 37.3. The van der Waals surface area contributed by atoms with Crippen molar-refractivity contribution in [1.82, 2.24) is 15.5 Å². The number of halogens is 1. The third-order valence-electron chi connectivity index (χ3n) is 9.20. The Hall–Kier alpha value is -1.12. The van der Waals surface area contributed by atoms with Crippen LogP contribution in [-0.2, 0) is 57.2 Å². The normalized spacial score (nSPS) is 14.1. The average molecular weight is 1010 g/mol. The largest absolute Gasteiger partial charge is 0.464 e. The van der Waals surface area contributed by atoms with Crippen LogP contribution in [0.3, 0.4) is 0 Å². The summed E-state index contributed by atoms with van der Waals surface area (Å²) in [6.07, 6.45) is 3.84. The highest BCUT2D eigenvalue weighted by atomic mass is 127. The molecular weight excluding hydrogens is 934 g/mol. The smallest absolute Gasteiger partial charge is 0.311 e. The van der Waals surface area contributed by atoms with Gasteiger partial charge < -0.3 is 44.0 Å². The third kappa shape index (κ3) is 25.6. The number of Topliss-reactive ketones (excluding diaryl/α,β-unsaturated/α-hetero) is 1. The van der Waals surface area contributed by atoms with Gasteiger partial charge in [-0.3, -0.25) is 28.8 Å². The van der Waals surface area contributed by atoms with Gasteiger partial charge in [0.1, 0.15) is 26.4 Å². The second-order valence-corrected chi connectivity index (χ2v) is 20.4. The quantitative estimate of drug-likeness (QED) is 0.0233. The lowest BCUT2D eigenvalue weighted by molar-refractivity contribution is -0.178. The highest BCUT2D eigenvalue weighted by Crippen LogP contribution is 2.31. The molecule has 59 heavy (non-hydrogen) atoms. The van der Waals surface area contributed by atoms with Gasteiger partial charge in [-0.15, -0.1) is 26.4 Å². The van der Waals surface area contributed by atoms with Gasteiger partial charge in [-0.25, -0.2) is 0 Å². The number of rotatable bonds is 35. The summed E-state index contributed by atoms with van der Waals surface area (Å²) < 4.78 is 34.9. The third-order valence-corrected chi connectivity index (χ3v) is 12.7. The van der Waals surface area contributed by atoms with Crippen LogP contribution in [0.25, 0.3) is 0 Å². The first kappa shape index (κ1) is 57.9. The van der Waals surface area contributed by atoms with Crippen molar-refractivity contribution < 1.29 is 57.2 Å². The van der Waals surface area contributed by atoms with Gasteiger partial charge in [0.25, 0.3) is 0 Å². The van der Waals surface area contributed by atoms with Crippen molar-refractivity contribution in [3.63, 3.8) is 0 Å². The standard InChI is InChI=1S/C40H75IN3O12P3/c1-37(2,14-21-57)34(48)54-25-40(26-55-35(49)38(3,4)28-58-9,27-56-36(50)39(5,6)29-59-10)24-53-23-33(47)42-15-18-52-20-19-51-17-11-12-31(45)30(13-16-44(7)8)43-32(46)22-41/h30,58-59H,11-29,57H2,1-10H3,(H,42,47)(H,43,46). The lowest BCUT2D eigenvalue weighted by Gasteiger charge is -2.35. The fourth-order valence-corrected chi connectivity index (χ4v) is 8.43. The van der Waals surface area contributed by atoms with Crippen molar-refractivity contribution in [2.75, 3.05) is 123 Å². The minimum absolute atomic E-state index is 0.0187. The van der Waals surface area contributed by atoms with E-state index in [-0.39, 0.29) is 64.5 Å².